The molecule has 0 aliphatic carbocycles. The summed E-state index contributed by atoms with van der Waals surface area (Å²) in [4.78, 5) is 15.1. The molecule has 0 aromatic heterocycles. The Bertz CT molecular complexity index is 1200. The van der Waals surface area contributed by atoms with Gasteiger partial charge in [-0.3, -0.25) is 9.69 Å². The summed E-state index contributed by atoms with van der Waals surface area (Å²) in [6.45, 7) is 0.606. The summed E-state index contributed by atoms with van der Waals surface area (Å²) in [5, 5.41) is 0.545. The molecule has 4 rings (SSSR count). The van der Waals surface area contributed by atoms with Gasteiger partial charge < -0.3 is 14.2 Å². The average molecular weight is 498 g/mol. The molecule has 5 nitrogen and oxygen atoms in total. The first-order valence-corrected chi connectivity index (χ1v) is 11.7. The molecule has 0 N–H and O–H groups in total. The van der Waals surface area contributed by atoms with Gasteiger partial charge in [-0.1, -0.05) is 65.9 Å². The molecule has 3 aromatic rings. The van der Waals surface area contributed by atoms with Crippen molar-refractivity contribution in [1.82, 2.24) is 0 Å². The number of hydrogen-bond acceptors (Lipinski definition) is 6. The molecule has 8 heteroatoms. The fourth-order valence-corrected chi connectivity index (χ4v) is 4.65. The van der Waals surface area contributed by atoms with E-state index in [-0.39, 0.29) is 5.91 Å². The average Bonchev–Trinajstić information content (AvgIpc) is 3.11. The summed E-state index contributed by atoms with van der Waals surface area (Å²) in [7, 11) is 1.59. The Hall–Kier alpha value is -3.00. The molecular weight excluding hydrogens is 478 g/mol. The topological polar surface area (TPSA) is 48.0 Å². The van der Waals surface area contributed by atoms with Crippen LogP contribution in [-0.2, 0) is 4.79 Å². The Morgan fingerprint density at radius 2 is 1.67 bits per heavy atom. The Kier molecular flexibility index (Phi) is 7.54. The zero-order valence-corrected chi connectivity index (χ0v) is 20.1. The molecule has 33 heavy (non-hydrogen) atoms. The van der Waals surface area contributed by atoms with Gasteiger partial charge in [-0.25, -0.2) is 0 Å². The van der Waals surface area contributed by atoms with Gasteiger partial charge in [0, 0.05) is 5.56 Å². The second kappa shape index (κ2) is 10.7. The quantitative estimate of drug-likeness (QED) is 0.209. The third-order valence-electron chi connectivity index (χ3n) is 4.75. The van der Waals surface area contributed by atoms with E-state index in [1.807, 2.05) is 48.5 Å². The summed E-state index contributed by atoms with van der Waals surface area (Å²) in [5.74, 6) is 1.68. The highest BCUT2D eigenvalue weighted by Gasteiger charge is 2.33. The van der Waals surface area contributed by atoms with Crippen LogP contribution in [0.3, 0.4) is 0 Å². The van der Waals surface area contributed by atoms with Crippen LogP contribution < -0.4 is 19.1 Å². The van der Waals surface area contributed by atoms with E-state index in [0.29, 0.717) is 50.3 Å². The molecular formula is C25H20ClNO4S2. The molecule has 0 spiro atoms. The van der Waals surface area contributed by atoms with E-state index < -0.39 is 0 Å². The van der Waals surface area contributed by atoms with Gasteiger partial charge in [0.05, 0.1) is 22.7 Å². The second-order valence-corrected chi connectivity index (χ2v) is 8.97. The monoisotopic (exact) mass is 497 g/mol. The first kappa shape index (κ1) is 23.2. The van der Waals surface area contributed by atoms with Gasteiger partial charge in [-0.05, 0) is 48.5 Å². The van der Waals surface area contributed by atoms with Crippen LogP contribution in [0.15, 0.2) is 77.7 Å². The van der Waals surface area contributed by atoms with E-state index in [2.05, 4.69) is 0 Å². The number of nitrogens with zero attached hydrogens (tertiary/aromatic N) is 1. The van der Waals surface area contributed by atoms with Gasteiger partial charge in [-0.15, -0.1) is 0 Å². The minimum atomic E-state index is -0.174. The lowest BCUT2D eigenvalue weighted by molar-refractivity contribution is -0.113. The third kappa shape index (κ3) is 5.50. The van der Waals surface area contributed by atoms with Crippen molar-refractivity contribution in [2.45, 2.75) is 0 Å². The highest BCUT2D eigenvalue weighted by atomic mass is 35.5. The van der Waals surface area contributed by atoms with Gasteiger partial charge in [0.1, 0.15) is 30.5 Å². The van der Waals surface area contributed by atoms with Crippen LogP contribution >= 0.6 is 35.6 Å². The maximum absolute atomic E-state index is 13.1. The maximum Gasteiger partial charge on any atom is 0.270 e. The summed E-state index contributed by atoms with van der Waals surface area (Å²) < 4.78 is 17.5. The first-order valence-electron chi connectivity index (χ1n) is 10.1. The largest absolute Gasteiger partial charge is 0.497 e. The highest BCUT2D eigenvalue weighted by Crippen LogP contribution is 2.37. The van der Waals surface area contributed by atoms with E-state index in [4.69, 9.17) is 38.0 Å². The summed E-state index contributed by atoms with van der Waals surface area (Å²) in [6.07, 6.45) is 1.77. The first-order chi connectivity index (χ1) is 16.1. The molecule has 1 aliphatic heterocycles. The number of rotatable bonds is 8. The number of benzene rings is 3. The number of hydrogen-bond donors (Lipinski definition) is 0. The third-order valence-corrected chi connectivity index (χ3v) is 6.36. The predicted octanol–water partition coefficient (Wildman–Crippen LogP) is 6.21. The van der Waals surface area contributed by atoms with E-state index in [1.165, 1.54) is 16.7 Å². The van der Waals surface area contributed by atoms with Gasteiger partial charge in [0.25, 0.3) is 5.91 Å². The fraction of sp³-hybridized carbons (Fsp3) is 0.120. The highest BCUT2D eigenvalue weighted by molar-refractivity contribution is 8.27. The van der Waals surface area contributed by atoms with Crippen LogP contribution in [0.25, 0.3) is 6.08 Å². The van der Waals surface area contributed by atoms with Crippen molar-refractivity contribution in [2.75, 3.05) is 25.2 Å². The summed E-state index contributed by atoms with van der Waals surface area (Å²) in [6, 6.07) is 22.0. The number of amides is 1. The minimum absolute atomic E-state index is 0.174. The Morgan fingerprint density at radius 1 is 0.970 bits per heavy atom. The van der Waals surface area contributed by atoms with Gasteiger partial charge in [0.15, 0.2) is 4.32 Å². The zero-order chi connectivity index (χ0) is 23.2. The van der Waals surface area contributed by atoms with Crippen molar-refractivity contribution in [1.29, 1.82) is 0 Å². The smallest absolute Gasteiger partial charge is 0.270 e. The van der Waals surface area contributed by atoms with Crippen molar-refractivity contribution in [3.8, 4) is 17.2 Å². The minimum Gasteiger partial charge on any atom is -0.497 e. The normalized spacial score (nSPS) is 14.6. The van der Waals surface area contributed by atoms with Gasteiger partial charge in [0.2, 0.25) is 0 Å². The number of carbonyl (C=O) groups is 1. The lowest BCUT2D eigenvalue weighted by Crippen LogP contribution is -2.27. The van der Waals surface area contributed by atoms with Crippen LogP contribution in [-0.4, -0.2) is 30.6 Å². The lowest BCUT2D eigenvalue weighted by Gasteiger charge is -2.14. The molecule has 168 valence electrons. The molecule has 1 amide bonds. The number of methoxy groups -OCH3 is 1. The van der Waals surface area contributed by atoms with Crippen molar-refractivity contribution in [2.24, 2.45) is 0 Å². The molecule has 1 fully saturated rings. The standard InChI is InChI=1S/C25H20ClNO4S2/c1-29-19-11-12-21(30-13-14-31-22-10-6-5-9-20(22)26)17(15-19)16-23-24(28)27(25(32)33-23)18-7-3-2-4-8-18/h2-12,15-16H,13-14H2,1H3/b23-16-. The molecule has 1 aliphatic rings. The molecule has 1 saturated heterocycles. The number of para-hydroxylation sites is 2. The maximum atomic E-state index is 13.1. The Labute approximate surface area is 206 Å². The fourth-order valence-electron chi connectivity index (χ4n) is 3.17. The molecule has 0 bridgehead atoms. The summed E-state index contributed by atoms with van der Waals surface area (Å²) >= 11 is 12.8. The molecule has 3 aromatic carbocycles. The zero-order valence-electron chi connectivity index (χ0n) is 17.7. The number of ether oxygens (including phenoxy) is 3. The van der Waals surface area contributed by atoms with Crippen LogP contribution in [0, 0.1) is 0 Å². The van der Waals surface area contributed by atoms with Gasteiger partial charge in [-0.2, -0.15) is 0 Å². The van der Waals surface area contributed by atoms with Gasteiger partial charge >= 0.3 is 0 Å². The molecule has 0 radical (unpaired) electrons. The van der Waals surface area contributed by atoms with Crippen LogP contribution in [0.2, 0.25) is 5.02 Å². The van der Waals surface area contributed by atoms with E-state index in [9.17, 15) is 4.79 Å². The number of carbonyl (C=O) groups excluding carboxylic acids is 1. The van der Waals surface area contributed by atoms with E-state index in [0.717, 1.165) is 5.69 Å². The van der Waals surface area contributed by atoms with Crippen LogP contribution in [0.5, 0.6) is 17.2 Å². The predicted molar refractivity (Wildman–Crippen MR) is 138 cm³/mol. The Morgan fingerprint density at radius 3 is 2.39 bits per heavy atom. The summed E-state index contributed by atoms with van der Waals surface area (Å²) in [5.41, 5.74) is 1.45. The second-order valence-electron chi connectivity index (χ2n) is 6.88. The van der Waals surface area contributed by atoms with Crippen LogP contribution in [0.4, 0.5) is 5.69 Å². The Balaban J connectivity index is 1.51. The van der Waals surface area contributed by atoms with Crippen molar-refractivity contribution < 1.29 is 19.0 Å². The van der Waals surface area contributed by atoms with Crippen molar-refractivity contribution in [3.05, 3.63) is 88.3 Å². The SMILES string of the molecule is COc1ccc(OCCOc2ccccc2Cl)c(/C=C2\SC(=S)N(c3ccccc3)C2=O)c1. The van der Waals surface area contributed by atoms with E-state index in [1.54, 1.807) is 37.5 Å². The van der Waals surface area contributed by atoms with E-state index >= 15 is 0 Å². The number of thiocarbonyl (C=S) groups is 1. The molecule has 0 saturated carbocycles. The molecule has 0 unspecified atom stereocenters. The van der Waals surface area contributed by atoms with Crippen LogP contribution in [0.1, 0.15) is 5.56 Å². The van der Waals surface area contributed by atoms with Crippen molar-refractivity contribution >= 4 is 57.6 Å². The number of halogens is 1. The van der Waals surface area contributed by atoms with Crippen molar-refractivity contribution in [3.63, 3.8) is 0 Å². The number of anilines is 1. The lowest BCUT2D eigenvalue weighted by atomic mass is 10.1. The molecule has 0 atom stereocenters. The molecule has 1 heterocycles. The number of thioether (sulfide) groups is 1.